The van der Waals surface area contributed by atoms with Crippen LogP contribution in [0.2, 0.25) is 0 Å². The minimum atomic E-state index is -0.590. The Hall–Kier alpha value is -2.07. The van der Waals surface area contributed by atoms with Crippen LogP contribution < -0.4 is 4.74 Å². The summed E-state index contributed by atoms with van der Waals surface area (Å²) in [5.74, 6) is 6.31. The Labute approximate surface area is 155 Å². The fraction of sp³-hybridized carbons (Fsp3) is 0.550. The van der Waals surface area contributed by atoms with E-state index in [2.05, 4.69) is 11.8 Å². The normalized spacial score (nSPS) is 12.6. The zero-order chi connectivity index (χ0) is 19.2. The molecule has 0 fully saturated rings. The molecule has 1 N–H and O–H groups in total. The Kier molecular flexibility index (Phi) is 11.1. The van der Waals surface area contributed by atoms with Crippen molar-refractivity contribution in [2.45, 2.75) is 45.0 Å². The largest absolute Gasteiger partial charge is 0.497 e. The van der Waals surface area contributed by atoms with E-state index in [9.17, 15) is 9.90 Å². The molecule has 2 unspecified atom stereocenters. The highest BCUT2D eigenvalue weighted by molar-refractivity contribution is 5.66. The maximum absolute atomic E-state index is 11.2. The number of ether oxygens (including phenoxy) is 4. The predicted molar refractivity (Wildman–Crippen MR) is 97.7 cm³/mol. The second-order valence-electron chi connectivity index (χ2n) is 5.76. The number of benzene rings is 1. The SMILES string of the molecule is COCC(O)CCC(C#CCCOCc1ccc(OC)cc1)OC(C)=O. The average molecular weight is 364 g/mol. The van der Waals surface area contributed by atoms with Gasteiger partial charge in [-0.05, 0) is 30.5 Å². The van der Waals surface area contributed by atoms with E-state index < -0.39 is 12.2 Å². The fourth-order valence-corrected chi connectivity index (χ4v) is 2.20. The zero-order valence-electron chi connectivity index (χ0n) is 15.7. The Balaban J connectivity index is 2.32. The molecule has 2 atom stereocenters. The molecule has 0 radical (unpaired) electrons. The van der Waals surface area contributed by atoms with Gasteiger partial charge in [-0.1, -0.05) is 24.0 Å². The Morgan fingerprint density at radius 1 is 1.19 bits per heavy atom. The van der Waals surface area contributed by atoms with Gasteiger partial charge in [0.05, 0.1) is 33.0 Å². The molecule has 0 spiro atoms. The van der Waals surface area contributed by atoms with E-state index in [1.807, 2.05) is 24.3 Å². The van der Waals surface area contributed by atoms with E-state index in [1.165, 1.54) is 14.0 Å². The summed E-state index contributed by atoms with van der Waals surface area (Å²) in [6.07, 6.45) is 0.334. The minimum absolute atomic E-state index is 0.249. The summed E-state index contributed by atoms with van der Waals surface area (Å²) in [7, 11) is 3.16. The second kappa shape index (κ2) is 13.2. The van der Waals surface area contributed by atoms with Crippen LogP contribution >= 0.6 is 0 Å². The highest BCUT2D eigenvalue weighted by atomic mass is 16.5. The van der Waals surface area contributed by atoms with Crippen molar-refractivity contribution in [3.8, 4) is 17.6 Å². The molecule has 0 aromatic heterocycles. The molecule has 0 aliphatic carbocycles. The molecule has 26 heavy (non-hydrogen) atoms. The topological polar surface area (TPSA) is 74.2 Å². The molecule has 0 heterocycles. The average Bonchev–Trinajstić information content (AvgIpc) is 2.62. The van der Waals surface area contributed by atoms with Crippen LogP contribution in [0.15, 0.2) is 24.3 Å². The van der Waals surface area contributed by atoms with E-state index in [-0.39, 0.29) is 12.6 Å². The van der Waals surface area contributed by atoms with Gasteiger partial charge in [-0.2, -0.15) is 0 Å². The number of carbonyl (C=O) groups excluding carboxylic acids is 1. The van der Waals surface area contributed by atoms with Gasteiger partial charge < -0.3 is 24.1 Å². The number of hydrogen-bond acceptors (Lipinski definition) is 6. The number of hydrogen-bond donors (Lipinski definition) is 1. The summed E-state index contributed by atoms with van der Waals surface area (Å²) in [5.41, 5.74) is 1.06. The molecule has 0 amide bonds. The number of aliphatic hydroxyl groups is 1. The van der Waals surface area contributed by atoms with Crippen molar-refractivity contribution in [2.24, 2.45) is 0 Å². The minimum Gasteiger partial charge on any atom is -0.497 e. The summed E-state index contributed by atoms with van der Waals surface area (Å²) in [5, 5.41) is 9.67. The first-order chi connectivity index (χ1) is 12.5. The van der Waals surface area contributed by atoms with Crippen molar-refractivity contribution in [1.82, 2.24) is 0 Å². The number of methoxy groups -OCH3 is 2. The van der Waals surface area contributed by atoms with Crippen LogP contribution in [0.5, 0.6) is 5.75 Å². The lowest BCUT2D eigenvalue weighted by molar-refractivity contribution is -0.144. The van der Waals surface area contributed by atoms with Crippen LogP contribution in [-0.2, 0) is 25.6 Å². The van der Waals surface area contributed by atoms with Gasteiger partial charge in [0.1, 0.15) is 5.75 Å². The van der Waals surface area contributed by atoms with Crippen LogP contribution in [0.3, 0.4) is 0 Å². The van der Waals surface area contributed by atoms with Gasteiger partial charge in [0.15, 0.2) is 6.10 Å². The highest BCUT2D eigenvalue weighted by Gasteiger charge is 2.12. The maximum Gasteiger partial charge on any atom is 0.303 e. The molecular formula is C20H28O6. The molecule has 1 aromatic rings. The summed E-state index contributed by atoms with van der Waals surface area (Å²) in [6, 6.07) is 7.68. The first kappa shape index (κ1) is 22.0. The Bertz CT molecular complexity index is 572. The van der Waals surface area contributed by atoms with Gasteiger partial charge >= 0.3 is 5.97 Å². The predicted octanol–water partition coefficient (Wildman–Crippen LogP) is 2.32. The summed E-state index contributed by atoms with van der Waals surface area (Å²) >= 11 is 0. The van der Waals surface area contributed by atoms with E-state index in [0.717, 1.165) is 11.3 Å². The van der Waals surface area contributed by atoms with Crippen molar-refractivity contribution in [3.63, 3.8) is 0 Å². The van der Waals surface area contributed by atoms with Crippen molar-refractivity contribution in [2.75, 3.05) is 27.4 Å². The third kappa shape index (κ3) is 10.0. The molecule has 6 heteroatoms. The number of aliphatic hydroxyl groups excluding tert-OH is 1. The molecule has 0 saturated carbocycles. The van der Waals surface area contributed by atoms with E-state index in [1.54, 1.807) is 7.11 Å². The number of esters is 1. The molecule has 1 aromatic carbocycles. The van der Waals surface area contributed by atoms with E-state index >= 15 is 0 Å². The molecule has 1 rings (SSSR count). The molecule has 0 bridgehead atoms. The molecular weight excluding hydrogens is 336 g/mol. The van der Waals surface area contributed by atoms with Crippen molar-refractivity contribution < 1.29 is 28.8 Å². The van der Waals surface area contributed by atoms with Crippen LogP contribution in [0.4, 0.5) is 0 Å². The smallest absolute Gasteiger partial charge is 0.303 e. The lowest BCUT2D eigenvalue weighted by atomic mass is 10.1. The molecule has 144 valence electrons. The van der Waals surface area contributed by atoms with Crippen LogP contribution in [0.1, 0.15) is 31.7 Å². The standard InChI is InChI=1S/C20H28O6/c1-16(21)26-20(12-9-18(22)15-23-2)6-4-5-13-25-14-17-7-10-19(24-3)11-8-17/h7-8,10-11,18,20,22H,5,9,12-15H2,1-3H3. The lowest BCUT2D eigenvalue weighted by Crippen LogP contribution is -2.20. The molecule has 0 aliphatic rings. The molecule has 0 aliphatic heterocycles. The van der Waals surface area contributed by atoms with Gasteiger partial charge in [0.2, 0.25) is 0 Å². The zero-order valence-corrected chi connectivity index (χ0v) is 15.7. The van der Waals surface area contributed by atoms with E-state index in [0.29, 0.717) is 32.5 Å². The molecule has 6 nitrogen and oxygen atoms in total. The monoisotopic (exact) mass is 364 g/mol. The summed E-state index contributed by atoms with van der Waals surface area (Å²) < 4.78 is 20.7. The lowest BCUT2D eigenvalue weighted by Gasteiger charge is -2.13. The van der Waals surface area contributed by atoms with Gasteiger partial charge in [-0.25, -0.2) is 0 Å². The van der Waals surface area contributed by atoms with Crippen molar-refractivity contribution in [1.29, 1.82) is 0 Å². The Morgan fingerprint density at radius 3 is 2.54 bits per heavy atom. The fourth-order valence-electron chi connectivity index (χ4n) is 2.20. The van der Waals surface area contributed by atoms with Crippen LogP contribution in [0, 0.1) is 11.8 Å². The van der Waals surface area contributed by atoms with E-state index in [4.69, 9.17) is 18.9 Å². The van der Waals surface area contributed by atoms with Gasteiger partial charge in [0.25, 0.3) is 0 Å². The van der Waals surface area contributed by atoms with Gasteiger partial charge in [0, 0.05) is 20.5 Å². The quantitative estimate of drug-likeness (QED) is 0.369. The highest BCUT2D eigenvalue weighted by Crippen LogP contribution is 2.12. The van der Waals surface area contributed by atoms with Crippen molar-refractivity contribution >= 4 is 5.97 Å². The summed E-state index contributed by atoms with van der Waals surface area (Å²) in [4.78, 5) is 11.2. The van der Waals surface area contributed by atoms with Crippen LogP contribution in [-0.4, -0.2) is 50.7 Å². The summed E-state index contributed by atoms with van der Waals surface area (Å²) in [6.45, 7) is 2.58. The van der Waals surface area contributed by atoms with Gasteiger partial charge in [-0.15, -0.1) is 0 Å². The maximum atomic E-state index is 11.2. The number of rotatable bonds is 11. The van der Waals surface area contributed by atoms with Gasteiger partial charge in [-0.3, -0.25) is 4.79 Å². The first-order valence-corrected chi connectivity index (χ1v) is 8.58. The second-order valence-corrected chi connectivity index (χ2v) is 5.76. The third-order valence-corrected chi connectivity index (χ3v) is 3.49. The third-order valence-electron chi connectivity index (χ3n) is 3.49. The number of carbonyl (C=O) groups is 1. The Morgan fingerprint density at radius 2 is 1.92 bits per heavy atom. The molecule has 0 saturated heterocycles. The van der Waals surface area contributed by atoms with Crippen LogP contribution in [0.25, 0.3) is 0 Å². The van der Waals surface area contributed by atoms with Crippen molar-refractivity contribution in [3.05, 3.63) is 29.8 Å². The first-order valence-electron chi connectivity index (χ1n) is 8.58.